The van der Waals surface area contributed by atoms with Crippen LogP contribution in [0.25, 0.3) is 16.6 Å². The Kier molecular flexibility index (Phi) is 4.43. The molecule has 2 unspecified atom stereocenters. The Morgan fingerprint density at radius 1 is 1.24 bits per heavy atom. The van der Waals surface area contributed by atoms with Gasteiger partial charge in [-0.25, -0.2) is 24.1 Å². The number of carbonyl (C=O) groups excluding carboxylic acids is 2. The largest absolute Gasteiger partial charge is 0.453 e. The standard InChI is InChI=1S/C25H29N9O4/c1-13-10-25(13,21(26)35)22-28-11-16-6-7-19(31-34(16)22)30-20-9-17-18(12-27-20)32(2)24(37)33(17)15-5-4-14(8-15)29-23(36)38-3/h6-7,9,11-15H,4-5,8,10H2,1-3H3,(H2,26,35)(H,29,36)(H,27,30,31)/t13?,14-,15-,25?/m1/s1/i2D3,14D. The highest BCUT2D eigenvalue weighted by Gasteiger charge is 2.60. The molecule has 2 saturated carbocycles. The molecule has 13 heteroatoms. The van der Waals surface area contributed by atoms with E-state index in [4.69, 9.17) is 11.2 Å². The lowest BCUT2D eigenvalue weighted by molar-refractivity contribution is -0.121. The molecular formula is C25H29N9O4. The maximum atomic E-state index is 13.5. The molecular weight excluding hydrogens is 490 g/mol. The number of methoxy groups -OCH3 is 1. The van der Waals surface area contributed by atoms with E-state index in [9.17, 15) is 14.4 Å². The van der Waals surface area contributed by atoms with Gasteiger partial charge in [0, 0.05) is 29.2 Å². The van der Waals surface area contributed by atoms with E-state index in [1.54, 1.807) is 28.9 Å². The van der Waals surface area contributed by atoms with Crippen LogP contribution in [0.5, 0.6) is 0 Å². The number of alkyl carbamates (subject to hydrolysis) is 1. The van der Waals surface area contributed by atoms with Crippen LogP contribution in [0.1, 0.15) is 50.0 Å². The number of nitrogens with zero attached hydrogens (tertiary/aromatic N) is 6. The van der Waals surface area contributed by atoms with Crippen LogP contribution in [-0.4, -0.2) is 53.8 Å². The zero-order valence-electron chi connectivity index (χ0n) is 24.8. The summed E-state index contributed by atoms with van der Waals surface area (Å²) in [4.78, 5) is 46.4. The minimum absolute atomic E-state index is 0.0305. The van der Waals surface area contributed by atoms with E-state index in [2.05, 4.69) is 30.4 Å². The molecule has 0 radical (unpaired) electrons. The van der Waals surface area contributed by atoms with E-state index in [-0.39, 0.29) is 30.1 Å². The monoisotopic (exact) mass is 523 g/mol. The Bertz CT molecular complexity index is 1810. The fourth-order valence-corrected chi connectivity index (χ4v) is 5.47. The fourth-order valence-electron chi connectivity index (χ4n) is 5.47. The van der Waals surface area contributed by atoms with Gasteiger partial charge in [-0.15, -0.1) is 5.10 Å². The minimum atomic E-state index is -2.78. The molecule has 4 atom stereocenters. The molecule has 2 amide bonds. The zero-order chi connectivity index (χ0) is 30.2. The Hall–Kier alpha value is -4.42. The number of primary amides is 1. The molecule has 6 rings (SSSR count). The van der Waals surface area contributed by atoms with Crippen LogP contribution in [-0.2, 0) is 21.9 Å². The van der Waals surface area contributed by atoms with E-state index in [0.717, 1.165) is 0 Å². The molecule has 0 spiro atoms. The summed E-state index contributed by atoms with van der Waals surface area (Å²) in [5, 5.41) is 10.2. The summed E-state index contributed by atoms with van der Waals surface area (Å²) in [6.45, 7) is -0.850. The highest BCUT2D eigenvalue weighted by atomic mass is 16.5. The summed E-state index contributed by atoms with van der Waals surface area (Å²) in [7, 11) is 1.20. The molecule has 13 nitrogen and oxygen atoms in total. The maximum absolute atomic E-state index is 13.5. The van der Waals surface area contributed by atoms with Crippen molar-refractivity contribution in [2.75, 3.05) is 12.4 Å². The first-order valence-corrected chi connectivity index (χ1v) is 12.2. The van der Waals surface area contributed by atoms with Gasteiger partial charge in [0.2, 0.25) is 5.91 Å². The summed E-state index contributed by atoms with van der Waals surface area (Å²) >= 11 is 0. The highest BCUT2D eigenvalue weighted by molar-refractivity contribution is 5.90. The Morgan fingerprint density at radius 2 is 2.05 bits per heavy atom. The number of nitrogens with two attached hydrogens (primary N) is 1. The number of imidazole rings is 2. The van der Waals surface area contributed by atoms with Gasteiger partial charge >= 0.3 is 11.8 Å². The number of amides is 2. The second kappa shape index (κ2) is 8.57. The lowest BCUT2D eigenvalue weighted by atomic mass is 10.0. The van der Waals surface area contributed by atoms with Crippen LogP contribution in [0.4, 0.5) is 16.4 Å². The van der Waals surface area contributed by atoms with E-state index < -0.39 is 42.1 Å². The summed E-state index contributed by atoms with van der Waals surface area (Å²) in [6, 6.07) is 3.06. The number of fused-ring (bicyclic) bond motifs is 2. The lowest BCUT2D eigenvalue weighted by Gasteiger charge is -2.14. The summed E-state index contributed by atoms with van der Waals surface area (Å²) in [5.41, 5.74) is 5.13. The Morgan fingerprint density at radius 3 is 2.76 bits per heavy atom. The average molecular weight is 524 g/mol. The molecule has 4 heterocycles. The quantitative estimate of drug-likeness (QED) is 0.344. The normalized spacial score (nSPS) is 28.4. The third-order valence-corrected chi connectivity index (χ3v) is 7.64. The van der Waals surface area contributed by atoms with Crippen LogP contribution >= 0.6 is 0 Å². The van der Waals surface area contributed by atoms with Crippen LogP contribution in [0, 0.1) is 5.92 Å². The number of pyridine rings is 1. The predicted octanol–water partition coefficient (Wildman–Crippen LogP) is 1.73. The molecule has 2 aliphatic rings. The molecule has 2 fully saturated rings. The number of aromatic nitrogens is 6. The van der Waals surface area contributed by atoms with Crippen molar-refractivity contribution in [2.24, 2.45) is 18.6 Å². The molecule has 0 aliphatic heterocycles. The molecule has 4 aromatic heterocycles. The third kappa shape index (κ3) is 3.60. The van der Waals surface area contributed by atoms with Crippen molar-refractivity contribution in [1.82, 2.24) is 34.0 Å². The summed E-state index contributed by atoms with van der Waals surface area (Å²) < 4.78 is 40.8. The van der Waals surface area contributed by atoms with Crippen LogP contribution < -0.4 is 22.1 Å². The highest BCUT2D eigenvalue weighted by Crippen LogP contribution is 2.53. The number of ether oxygens (including phenoxy) is 1. The van der Waals surface area contributed by atoms with Crippen molar-refractivity contribution in [3.63, 3.8) is 0 Å². The van der Waals surface area contributed by atoms with E-state index in [0.29, 0.717) is 40.1 Å². The van der Waals surface area contributed by atoms with E-state index in [1.807, 2.05) is 6.92 Å². The molecule has 2 aliphatic carbocycles. The van der Waals surface area contributed by atoms with Crippen molar-refractivity contribution in [3.05, 3.63) is 46.9 Å². The van der Waals surface area contributed by atoms with Crippen LogP contribution in [0.2, 0.25) is 0 Å². The van der Waals surface area contributed by atoms with Gasteiger partial charge in [0.25, 0.3) is 0 Å². The number of anilines is 2. The average Bonchev–Trinajstić information content (AvgIpc) is 3.19. The van der Waals surface area contributed by atoms with Gasteiger partial charge < -0.3 is 21.1 Å². The van der Waals surface area contributed by atoms with Gasteiger partial charge in [-0.1, -0.05) is 6.92 Å². The third-order valence-electron chi connectivity index (χ3n) is 7.64. The van der Waals surface area contributed by atoms with Crippen LogP contribution in [0.15, 0.2) is 35.4 Å². The molecule has 4 aromatic rings. The van der Waals surface area contributed by atoms with Gasteiger partial charge in [0.15, 0.2) is 5.82 Å². The van der Waals surface area contributed by atoms with Crippen LogP contribution in [0.3, 0.4) is 0 Å². The van der Waals surface area contributed by atoms with Gasteiger partial charge in [-0.05, 0) is 43.7 Å². The Labute approximate surface area is 222 Å². The zero-order valence-corrected chi connectivity index (χ0v) is 20.8. The van der Waals surface area contributed by atoms with Crippen molar-refractivity contribution >= 4 is 40.2 Å². The summed E-state index contributed by atoms with van der Waals surface area (Å²) in [6.07, 6.45) is 3.38. The van der Waals surface area contributed by atoms with Gasteiger partial charge in [0.05, 0.1) is 37.4 Å². The first kappa shape index (κ1) is 19.7. The van der Waals surface area contributed by atoms with Crippen molar-refractivity contribution in [2.45, 2.75) is 50.1 Å². The smallest absolute Gasteiger partial charge is 0.407 e. The van der Waals surface area contributed by atoms with Gasteiger partial charge in [0.1, 0.15) is 17.1 Å². The molecule has 0 bridgehead atoms. The fraction of sp³-hybridized carbons (Fsp3) is 0.440. The molecule has 4 N–H and O–H groups in total. The number of nitrogens with one attached hydrogen (secondary N) is 2. The summed E-state index contributed by atoms with van der Waals surface area (Å²) in [5.74, 6) is 0.660. The molecule has 198 valence electrons. The van der Waals surface area contributed by atoms with Crippen molar-refractivity contribution in [1.29, 1.82) is 0 Å². The lowest BCUT2D eigenvalue weighted by Crippen LogP contribution is -2.33. The Balaban J connectivity index is 1.39. The van der Waals surface area contributed by atoms with Gasteiger partial charge in [-0.3, -0.25) is 13.9 Å². The van der Waals surface area contributed by atoms with Gasteiger partial charge in [-0.2, -0.15) is 0 Å². The van der Waals surface area contributed by atoms with E-state index >= 15 is 0 Å². The molecule has 0 aromatic carbocycles. The topological polar surface area (TPSA) is 163 Å². The molecule has 0 saturated heterocycles. The number of hydrogen-bond donors (Lipinski definition) is 3. The first-order chi connectivity index (χ1) is 19.8. The van der Waals surface area contributed by atoms with Crippen molar-refractivity contribution < 1.29 is 19.8 Å². The number of carbonyl (C=O) groups is 2. The minimum Gasteiger partial charge on any atom is -0.453 e. The maximum Gasteiger partial charge on any atom is 0.407 e. The number of aryl methyl sites for hydroxylation is 1. The SMILES string of the molecule is [2H]C([2H])([2H])n1c(=O)n([C@@H]2CC[C@@]([2H])(NC(=O)OC)C2)c2cc(Nc3ccc4cnc(C5(C(N)=O)CC5C)n4n3)ncc21. The predicted molar refractivity (Wildman–Crippen MR) is 138 cm³/mol. The number of rotatable bonds is 6. The first-order valence-electron chi connectivity index (χ1n) is 14.2. The van der Waals surface area contributed by atoms with E-state index in [1.165, 1.54) is 17.9 Å². The second-order valence-corrected chi connectivity index (χ2v) is 9.87. The number of hydrogen-bond acceptors (Lipinski definition) is 8. The molecule has 38 heavy (non-hydrogen) atoms. The second-order valence-electron chi connectivity index (χ2n) is 9.87. The van der Waals surface area contributed by atoms with Crippen molar-refractivity contribution in [3.8, 4) is 0 Å².